The third-order valence-corrected chi connectivity index (χ3v) is 5.04. The van der Waals surface area contributed by atoms with Crippen molar-refractivity contribution in [1.29, 1.82) is 0 Å². The summed E-state index contributed by atoms with van der Waals surface area (Å²) in [6.45, 7) is 6.11. The lowest BCUT2D eigenvalue weighted by Crippen LogP contribution is -2.33. The summed E-state index contributed by atoms with van der Waals surface area (Å²) in [5.74, 6) is 0.931. The predicted molar refractivity (Wildman–Crippen MR) is 112 cm³/mol. The predicted octanol–water partition coefficient (Wildman–Crippen LogP) is 3.58. The van der Waals surface area contributed by atoms with E-state index in [0.29, 0.717) is 36.0 Å². The lowest BCUT2D eigenvalue weighted by molar-refractivity contribution is -0.155. The topological polar surface area (TPSA) is 83.1 Å². The molecule has 0 saturated carbocycles. The van der Waals surface area contributed by atoms with E-state index in [-0.39, 0.29) is 18.5 Å². The van der Waals surface area contributed by atoms with E-state index >= 15 is 0 Å². The minimum Gasteiger partial charge on any atom is -0.493 e. The number of hydrogen-bond acceptors (Lipinski definition) is 6. The normalized spacial score (nSPS) is 12.8. The Morgan fingerprint density at radius 1 is 1.03 bits per heavy atom. The Kier molecular flexibility index (Phi) is 6.20. The molecule has 0 atom stereocenters. The van der Waals surface area contributed by atoms with E-state index in [2.05, 4.69) is 5.32 Å². The van der Waals surface area contributed by atoms with Gasteiger partial charge in [-0.15, -0.1) is 0 Å². The van der Waals surface area contributed by atoms with Gasteiger partial charge in [-0.1, -0.05) is 12.1 Å². The maximum Gasteiger partial charge on any atom is 0.314 e. The molecule has 1 aliphatic heterocycles. The summed E-state index contributed by atoms with van der Waals surface area (Å²) in [5.41, 5.74) is 2.28. The average Bonchev–Trinajstić information content (AvgIpc) is 3.12. The van der Waals surface area contributed by atoms with Gasteiger partial charge in [0.05, 0.1) is 26.2 Å². The Morgan fingerprint density at radius 2 is 1.77 bits per heavy atom. The second-order valence-electron chi connectivity index (χ2n) is 7.59. The quantitative estimate of drug-likeness (QED) is 0.666. The van der Waals surface area contributed by atoms with Gasteiger partial charge in [-0.25, -0.2) is 0 Å². The molecular formula is C23H27NO6. The molecule has 0 aliphatic carbocycles. The number of methoxy groups -OCH3 is 2. The van der Waals surface area contributed by atoms with Crippen molar-refractivity contribution in [1.82, 2.24) is 5.32 Å². The molecule has 0 unspecified atom stereocenters. The van der Waals surface area contributed by atoms with Gasteiger partial charge in [0.15, 0.2) is 11.5 Å². The van der Waals surface area contributed by atoms with E-state index in [4.69, 9.17) is 18.9 Å². The minimum absolute atomic E-state index is 0.0779. The summed E-state index contributed by atoms with van der Waals surface area (Å²) < 4.78 is 22.4. The molecule has 2 aromatic rings. The summed E-state index contributed by atoms with van der Waals surface area (Å²) in [6.07, 6.45) is 0. The van der Waals surface area contributed by atoms with Crippen LogP contribution >= 0.6 is 0 Å². The first kappa shape index (κ1) is 21.5. The third kappa shape index (κ3) is 3.92. The SMILES string of the molecule is CCOC(=O)C(C)(C)COc1c(-c2cccc3c2CNC3=O)ccc(OC)c1OC. The number of carbonyl (C=O) groups excluding carboxylic acids is 2. The van der Waals surface area contributed by atoms with Crippen LogP contribution in [0.2, 0.25) is 0 Å². The minimum atomic E-state index is -0.864. The molecule has 0 bridgehead atoms. The molecular weight excluding hydrogens is 386 g/mol. The van der Waals surface area contributed by atoms with Crippen LogP contribution in [0.3, 0.4) is 0 Å². The molecule has 0 saturated heterocycles. The van der Waals surface area contributed by atoms with Crippen molar-refractivity contribution in [3.63, 3.8) is 0 Å². The summed E-state index contributed by atoms with van der Waals surface area (Å²) in [5, 5.41) is 2.85. The van der Waals surface area contributed by atoms with Crippen LogP contribution in [0.15, 0.2) is 30.3 Å². The number of hydrogen-bond donors (Lipinski definition) is 1. The molecule has 3 rings (SSSR count). The number of ether oxygens (including phenoxy) is 4. The lowest BCUT2D eigenvalue weighted by Gasteiger charge is -2.25. The Morgan fingerprint density at radius 3 is 2.43 bits per heavy atom. The number of fused-ring (bicyclic) bond motifs is 1. The number of benzene rings is 2. The molecule has 1 heterocycles. The lowest BCUT2D eigenvalue weighted by atomic mass is 9.94. The van der Waals surface area contributed by atoms with Crippen molar-refractivity contribution in [2.75, 3.05) is 27.4 Å². The zero-order valence-corrected chi connectivity index (χ0v) is 18.0. The number of esters is 1. The summed E-state index contributed by atoms with van der Waals surface area (Å²) in [7, 11) is 3.08. The largest absolute Gasteiger partial charge is 0.493 e. The highest BCUT2D eigenvalue weighted by molar-refractivity contribution is 6.01. The monoisotopic (exact) mass is 413 g/mol. The summed E-state index contributed by atoms with van der Waals surface area (Å²) in [6, 6.07) is 9.23. The van der Waals surface area contributed by atoms with Gasteiger partial charge in [0.2, 0.25) is 5.75 Å². The first-order valence-corrected chi connectivity index (χ1v) is 9.79. The van der Waals surface area contributed by atoms with Gasteiger partial charge in [-0.2, -0.15) is 0 Å². The standard InChI is InChI=1S/C23H27NO6/c1-6-29-22(26)23(2,3)13-30-19-15(10-11-18(27-4)20(19)28-5)14-8-7-9-16-17(14)12-24-21(16)25/h7-11H,6,12-13H2,1-5H3,(H,24,25). The fourth-order valence-corrected chi connectivity index (χ4v) is 3.40. The molecule has 1 N–H and O–H groups in total. The van der Waals surface area contributed by atoms with Crippen molar-refractivity contribution in [3.8, 4) is 28.4 Å². The van der Waals surface area contributed by atoms with E-state index in [1.807, 2.05) is 18.2 Å². The van der Waals surface area contributed by atoms with Crippen molar-refractivity contribution < 1.29 is 28.5 Å². The van der Waals surface area contributed by atoms with E-state index in [9.17, 15) is 9.59 Å². The first-order valence-electron chi connectivity index (χ1n) is 9.79. The molecule has 160 valence electrons. The molecule has 7 nitrogen and oxygen atoms in total. The number of nitrogens with one attached hydrogen (secondary N) is 1. The Balaban J connectivity index is 2.08. The van der Waals surface area contributed by atoms with Crippen LogP contribution < -0.4 is 19.5 Å². The first-order chi connectivity index (χ1) is 14.3. The van der Waals surface area contributed by atoms with Crippen LogP contribution in [0.1, 0.15) is 36.7 Å². The summed E-state index contributed by atoms with van der Waals surface area (Å²) >= 11 is 0. The van der Waals surface area contributed by atoms with Crippen LogP contribution in [0.5, 0.6) is 17.2 Å². The van der Waals surface area contributed by atoms with Crippen LogP contribution in [0.25, 0.3) is 11.1 Å². The molecule has 7 heteroatoms. The molecule has 1 aliphatic rings. The highest BCUT2D eigenvalue weighted by atomic mass is 16.5. The zero-order chi connectivity index (χ0) is 21.9. The van der Waals surface area contributed by atoms with Crippen molar-refractivity contribution >= 4 is 11.9 Å². The van der Waals surface area contributed by atoms with Crippen LogP contribution in [-0.2, 0) is 16.1 Å². The number of carbonyl (C=O) groups is 2. The fraction of sp³-hybridized carbons (Fsp3) is 0.391. The fourth-order valence-electron chi connectivity index (χ4n) is 3.40. The van der Waals surface area contributed by atoms with E-state index in [1.54, 1.807) is 40.0 Å². The molecule has 0 aromatic heterocycles. The van der Waals surface area contributed by atoms with Gasteiger partial charge < -0.3 is 24.3 Å². The zero-order valence-electron chi connectivity index (χ0n) is 18.0. The Bertz CT molecular complexity index is 966. The molecule has 0 fully saturated rings. The van der Waals surface area contributed by atoms with E-state index < -0.39 is 5.41 Å². The van der Waals surface area contributed by atoms with E-state index in [0.717, 1.165) is 16.7 Å². The van der Waals surface area contributed by atoms with Crippen LogP contribution in [0.4, 0.5) is 0 Å². The van der Waals surface area contributed by atoms with Crippen molar-refractivity contribution in [3.05, 3.63) is 41.5 Å². The van der Waals surface area contributed by atoms with Crippen LogP contribution in [0, 0.1) is 5.41 Å². The smallest absolute Gasteiger partial charge is 0.314 e. The van der Waals surface area contributed by atoms with Gasteiger partial charge in [-0.3, -0.25) is 9.59 Å². The average molecular weight is 413 g/mol. The van der Waals surface area contributed by atoms with Crippen LogP contribution in [-0.4, -0.2) is 39.3 Å². The van der Waals surface area contributed by atoms with Gasteiger partial charge in [0.25, 0.3) is 5.91 Å². The van der Waals surface area contributed by atoms with Gasteiger partial charge >= 0.3 is 5.97 Å². The molecule has 0 radical (unpaired) electrons. The van der Waals surface area contributed by atoms with Gasteiger partial charge in [0, 0.05) is 17.7 Å². The number of rotatable bonds is 8. The molecule has 0 spiro atoms. The third-order valence-electron chi connectivity index (χ3n) is 5.04. The molecule has 30 heavy (non-hydrogen) atoms. The Labute approximate surface area is 176 Å². The Hall–Kier alpha value is -3.22. The maximum absolute atomic E-state index is 12.3. The second-order valence-corrected chi connectivity index (χ2v) is 7.59. The highest BCUT2D eigenvalue weighted by Gasteiger charge is 2.32. The summed E-state index contributed by atoms with van der Waals surface area (Å²) in [4.78, 5) is 24.4. The van der Waals surface area contributed by atoms with Crippen molar-refractivity contribution in [2.45, 2.75) is 27.3 Å². The van der Waals surface area contributed by atoms with Crippen molar-refractivity contribution in [2.24, 2.45) is 5.41 Å². The van der Waals surface area contributed by atoms with Gasteiger partial charge in [-0.05, 0) is 50.1 Å². The second kappa shape index (κ2) is 8.65. The number of amides is 1. The molecule has 2 aromatic carbocycles. The highest BCUT2D eigenvalue weighted by Crippen LogP contribution is 2.46. The van der Waals surface area contributed by atoms with E-state index in [1.165, 1.54) is 7.11 Å². The maximum atomic E-state index is 12.3. The molecule has 1 amide bonds. The van der Waals surface area contributed by atoms with Gasteiger partial charge in [0.1, 0.15) is 6.61 Å².